The Labute approximate surface area is 167 Å². The van der Waals surface area contributed by atoms with Crippen molar-refractivity contribution in [1.29, 1.82) is 0 Å². The predicted octanol–water partition coefficient (Wildman–Crippen LogP) is 7.46. The van der Waals surface area contributed by atoms with Crippen LogP contribution in [0, 0.1) is 5.92 Å². The lowest BCUT2D eigenvalue weighted by Gasteiger charge is -2.27. The van der Waals surface area contributed by atoms with Crippen LogP contribution in [-0.4, -0.2) is 12.4 Å². The molecule has 2 rings (SSSR count). The molecule has 2 atom stereocenters. The highest BCUT2D eigenvalue weighted by Gasteiger charge is 2.29. The average molecular weight is 373 g/mol. The molecule has 0 N–H and O–H groups in total. The highest BCUT2D eigenvalue weighted by atomic mass is 16.5. The van der Waals surface area contributed by atoms with E-state index in [1.54, 1.807) is 0 Å². The number of rotatable bonds is 13. The molecule has 0 aromatic heterocycles. The summed E-state index contributed by atoms with van der Waals surface area (Å²) in [6.07, 6.45) is 15.8. The number of benzene rings is 1. The molecule has 0 amide bonds. The van der Waals surface area contributed by atoms with E-state index in [1.807, 2.05) is 12.1 Å². The zero-order valence-electron chi connectivity index (χ0n) is 17.7. The van der Waals surface area contributed by atoms with Crippen LogP contribution < -0.4 is 4.74 Å². The van der Waals surface area contributed by atoms with Crippen LogP contribution in [0.3, 0.4) is 0 Å². The van der Waals surface area contributed by atoms with Crippen LogP contribution >= 0.6 is 0 Å². The van der Waals surface area contributed by atoms with E-state index in [1.165, 1.54) is 69.8 Å². The fourth-order valence-corrected chi connectivity index (χ4v) is 4.24. The van der Waals surface area contributed by atoms with Crippen LogP contribution in [0.1, 0.15) is 109 Å². The van der Waals surface area contributed by atoms with E-state index in [0.717, 1.165) is 31.6 Å². The van der Waals surface area contributed by atoms with Gasteiger partial charge in [0.1, 0.15) is 11.5 Å². The molecule has 0 aliphatic heterocycles. The highest BCUT2D eigenvalue weighted by molar-refractivity contribution is 5.86. The summed E-state index contributed by atoms with van der Waals surface area (Å²) in [5.41, 5.74) is 1.18. The largest absolute Gasteiger partial charge is 0.494 e. The Balaban J connectivity index is 1.69. The molecule has 1 fully saturated rings. The monoisotopic (exact) mass is 372 g/mol. The van der Waals surface area contributed by atoms with Crippen molar-refractivity contribution in [3.8, 4) is 5.75 Å². The summed E-state index contributed by atoms with van der Waals surface area (Å²) in [4.78, 5) is 12.6. The standard InChI is InChI=1S/C25H40O2/c1-3-5-7-8-9-11-19-27-23-16-14-22(15-17-23)24-18-13-21(20-25(24)26)12-10-6-4-2/h14-17,21,24H,3-13,18-20H2,1-2H3/t21-,24+/m1/s1. The van der Waals surface area contributed by atoms with Crippen molar-refractivity contribution in [3.05, 3.63) is 29.8 Å². The number of ketones is 1. The topological polar surface area (TPSA) is 26.3 Å². The molecule has 1 aromatic carbocycles. The molecule has 0 bridgehead atoms. The second-order valence-corrected chi connectivity index (χ2v) is 8.35. The van der Waals surface area contributed by atoms with Crippen molar-refractivity contribution < 1.29 is 9.53 Å². The molecule has 2 heteroatoms. The van der Waals surface area contributed by atoms with Gasteiger partial charge >= 0.3 is 0 Å². The van der Waals surface area contributed by atoms with Gasteiger partial charge in [-0.1, -0.05) is 83.8 Å². The van der Waals surface area contributed by atoms with Crippen molar-refractivity contribution in [2.45, 2.75) is 103 Å². The Bertz CT molecular complexity index is 520. The maximum Gasteiger partial charge on any atom is 0.140 e. The molecular formula is C25H40O2. The first-order valence-corrected chi connectivity index (χ1v) is 11.5. The second kappa shape index (κ2) is 13.0. The molecule has 1 aliphatic carbocycles. The summed E-state index contributed by atoms with van der Waals surface area (Å²) in [5.74, 6) is 2.12. The van der Waals surface area contributed by atoms with Crippen LogP contribution in [0.25, 0.3) is 0 Å². The molecule has 1 aromatic rings. The normalized spacial score (nSPS) is 20.0. The van der Waals surface area contributed by atoms with E-state index in [0.29, 0.717) is 11.7 Å². The van der Waals surface area contributed by atoms with Crippen LogP contribution in [0.2, 0.25) is 0 Å². The number of hydrogen-bond acceptors (Lipinski definition) is 2. The van der Waals surface area contributed by atoms with Crippen LogP contribution in [0.5, 0.6) is 5.75 Å². The van der Waals surface area contributed by atoms with E-state index in [-0.39, 0.29) is 5.92 Å². The summed E-state index contributed by atoms with van der Waals surface area (Å²) in [5, 5.41) is 0. The van der Waals surface area contributed by atoms with Gasteiger partial charge in [-0.15, -0.1) is 0 Å². The molecule has 1 aliphatic rings. The summed E-state index contributed by atoms with van der Waals surface area (Å²) >= 11 is 0. The van der Waals surface area contributed by atoms with Gasteiger partial charge in [-0.05, 0) is 42.9 Å². The van der Waals surface area contributed by atoms with E-state index >= 15 is 0 Å². The van der Waals surface area contributed by atoms with Gasteiger partial charge in [0.2, 0.25) is 0 Å². The molecule has 0 heterocycles. The summed E-state index contributed by atoms with van der Waals surface area (Å²) in [6, 6.07) is 8.31. The first kappa shape index (κ1) is 22.0. The Morgan fingerprint density at radius 2 is 1.52 bits per heavy atom. The minimum atomic E-state index is 0.111. The van der Waals surface area contributed by atoms with Gasteiger partial charge in [-0.3, -0.25) is 4.79 Å². The van der Waals surface area contributed by atoms with Gasteiger partial charge in [-0.25, -0.2) is 0 Å². The molecule has 152 valence electrons. The van der Waals surface area contributed by atoms with Gasteiger partial charge in [0.15, 0.2) is 0 Å². The van der Waals surface area contributed by atoms with Gasteiger partial charge in [0, 0.05) is 12.3 Å². The molecule has 0 unspecified atom stereocenters. The maximum atomic E-state index is 12.6. The fourth-order valence-electron chi connectivity index (χ4n) is 4.24. The van der Waals surface area contributed by atoms with E-state index in [9.17, 15) is 4.79 Å². The summed E-state index contributed by atoms with van der Waals surface area (Å²) < 4.78 is 5.87. The van der Waals surface area contributed by atoms with E-state index in [4.69, 9.17) is 4.74 Å². The van der Waals surface area contributed by atoms with Crippen molar-refractivity contribution in [2.24, 2.45) is 5.92 Å². The number of unbranched alkanes of at least 4 members (excludes halogenated alkanes) is 7. The first-order valence-electron chi connectivity index (χ1n) is 11.5. The molecule has 2 nitrogen and oxygen atoms in total. The number of hydrogen-bond donors (Lipinski definition) is 0. The lowest BCUT2D eigenvalue weighted by molar-refractivity contribution is -0.123. The van der Waals surface area contributed by atoms with Crippen molar-refractivity contribution >= 4 is 5.78 Å². The number of Topliss-reactive ketones (excluding diaryl/α,β-unsaturated/α-hetero) is 1. The third-order valence-electron chi connectivity index (χ3n) is 6.01. The van der Waals surface area contributed by atoms with Crippen LogP contribution in [0.4, 0.5) is 0 Å². The van der Waals surface area contributed by atoms with Crippen molar-refractivity contribution in [2.75, 3.05) is 6.61 Å². The number of ether oxygens (including phenoxy) is 1. The average Bonchev–Trinajstić information content (AvgIpc) is 2.68. The van der Waals surface area contributed by atoms with Gasteiger partial charge in [-0.2, -0.15) is 0 Å². The van der Waals surface area contributed by atoms with Gasteiger partial charge in [0.25, 0.3) is 0 Å². The quantitative estimate of drug-likeness (QED) is 0.336. The van der Waals surface area contributed by atoms with Crippen molar-refractivity contribution in [3.63, 3.8) is 0 Å². The molecule has 0 spiro atoms. The van der Waals surface area contributed by atoms with Crippen LogP contribution in [0.15, 0.2) is 24.3 Å². The Morgan fingerprint density at radius 1 is 0.852 bits per heavy atom. The smallest absolute Gasteiger partial charge is 0.140 e. The van der Waals surface area contributed by atoms with Gasteiger partial charge < -0.3 is 4.74 Å². The number of carbonyl (C=O) groups is 1. The summed E-state index contributed by atoms with van der Waals surface area (Å²) in [7, 11) is 0. The zero-order chi connectivity index (χ0) is 19.3. The Kier molecular flexibility index (Phi) is 10.6. The minimum Gasteiger partial charge on any atom is -0.494 e. The van der Waals surface area contributed by atoms with Crippen molar-refractivity contribution in [1.82, 2.24) is 0 Å². The molecule has 0 radical (unpaired) electrons. The predicted molar refractivity (Wildman–Crippen MR) is 115 cm³/mol. The first-order chi connectivity index (χ1) is 13.2. The zero-order valence-corrected chi connectivity index (χ0v) is 17.7. The lowest BCUT2D eigenvalue weighted by Crippen LogP contribution is -2.23. The lowest BCUT2D eigenvalue weighted by atomic mass is 9.76. The number of carbonyl (C=O) groups excluding carboxylic acids is 1. The maximum absolute atomic E-state index is 12.6. The molecule has 27 heavy (non-hydrogen) atoms. The van der Waals surface area contributed by atoms with Crippen LogP contribution in [-0.2, 0) is 4.79 Å². The fraction of sp³-hybridized carbons (Fsp3) is 0.720. The summed E-state index contributed by atoms with van der Waals surface area (Å²) in [6.45, 7) is 5.29. The van der Waals surface area contributed by atoms with E-state index in [2.05, 4.69) is 26.0 Å². The molecular weight excluding hydrogens is 332 g/mol. The third-order valence-corrected chi connectivity index (χ3v) is 6.01. The minimum absolute atomic E-state index is 0.111. The van der Waals surface area contributed by atoms with Gasteiger partial charge in [0.05, 0.1) is 6.61 Å². The molecule has 1 saturated carbocycles. The third kappa shape index (κ3) is 8.07. The molecule has 0 saturated heterocycles. The highest BCUT2D eigenvalue weighted by Crippen LogP contribution is 2.35. The van der Waals surface area contributed by atoms with E-state index < -0.39 is 0 Å². The second-order valence-electron chi connectivity index (χ2n) is 8.35. The SMILES string of the molecule is CCCCCCCCOc1ccc([C@@H]2CC[C@@H](CCCCC)CC2=O)cc1. The Hall–Kier alpha value is -1.31. The Morgan fingerprint density at radius 3 is 2.22 bits per heavy atom.